The Morgan fingerprint density at radius 3 is 2.42 bits per heavy atom. The second-order valence-corrected chi connectivity index (χ2v) is 7.00. The zero-order valence-corrected chi connectivity index (χ0v) is 15.1. The summed E-state index contributed by atoms with van der Waals surface area (Å²) < 4.78 is 7.72. The van der Waals surface area contributed by atoms with Crippen LogP contribution in [0.3, 0.4) is 0 Å². The van der Waals surface area contributed by atoms with Gasteiger partial charge in [-0.3, -0.25) is 4.40 Å². The van der Waals surface area contributed by atoms with E-state index in [1.165, 1.54) is 0 Å². The molecule has 1 aromatic carbocycles. The average molecular weight is 323 g/mol. The molecule has 2 aromatic heterocycles. The standard InChI is InChI=1S/C20H25N3O/c1-6-24-16-12-10-15(11-13-16)18-19(22-20(3,4)5)23-14(2)8-7-9-17(23)21-18/h7-13,22H,6H2,1-5H3. The third-order valence-corrected chi connectivity index (χ3v) is 3.77. The van der Waals surface area contributed by atoms with Crippen LogP contribution in [-0.2, 0) is 0 Å². The van der Waals surface area contributed by atoms with Crippen LogP contribution >= 0.6 is 0 Å². The highest BCUT2D eigenvalue weighted by molar-refractivity contribution is 5.77. The van der Waals surface area contributed by atoms with E-state index in [4.69, 9.17) is 9.72 Å². The van der Waals surface area contributed by atoms with Gasteiger partial charge in [0.1, 0.15) is 22.9 Å². The Morgan fingerprint density at radius 1 is 1.08 bits per heavy atom. The Labute approximate surface area is 143 Å². The lowest BCUT2D eigenvalue weighted by atomic mass is 10.1. The van der Waals surface area contributed by atoms with Crippen molar-refractivity contribution in [3.63, 3.8) is 0 Å². The van der Waals surface area contributed by atoms with E-state index in [1.807, 2.05) is 31.2 Å². The van der Waals surface area contributed by atoms with Crippen LogP contribution < -0.4 is 10.1 Å². The summed E-state index contributed by atoms with van der Waals surface area (Å²) in [6.07, 6.45) is 0. The van der Waals surface area contributed by atoms with Crippen molar-refractivity contribution in [3.8, 4) is 17.0 Å². The van der Waals surface area contributed by atoms with Gasteiger partial charge >= 0.3 is 0 Å². The number of nitrogens with one attached hydrogen (secondary N) is 1. The lowest BCUT2D eigenvalue weighted by Gasteiger charge is -2.23. The summed E-state index contributed by atoms with van der Waals surface area (Å²) in [6, 6.07) is 14.3. The van der Waals surface area contributed by atoms with Crippen molar-refractivity contribution in [1.82, 2.24) is 9.38 Å². The van der Waals surface area contributed by atoms with Gasteiger partial charge in [-0.25, -0.2) is 4.98 Å². The topological polar surface area (TPSA) is 38.6 Å². The van der Waals surface area contributed by atoms with E-state index in [-0.39, 0.29) is 5.54 Å². The Bertz CT molecular complexity index is 842. The van der Waals surface area contributed by atoms with Gasteiger partial charge in [-0.1, -0.05) is 6.07 Å². The maximum atomic E-state index is 5.54. The van der Waals surface area contributed by atoms with Gasteiger partial charge in [0.15, 0.2) is 0 Å². The molecule has 0 bridgehead atoms. The molecular formula is C20H25N3O. The second-order valence-electron chi connectivity index (χ2n) is 7.00. The first-order valence-corrected chi connectivity index (χ1v) is 8.38. The van der Waals surface area contributed by atoms with Crippen LogP contribution in [0.25, 0.3) is 16.9 Å². The van der Waals surface area contributed by atoms with Crippen LogP contribution in [0.5, 0.6) is 5.75 Å². The predicted molar refractivity (Wildman–Crippen MR) is 99.9 cm³/mol. The first-order chi connectivity index (χ1) is 11.4. The fraction of sp³-hybridized carbons (Fsp3) is 0.350. The van der Waals surface area contributed by atoms with Crippen LogP contribution in [0.4, 0.5) is 5.82 Å². The van der Waals surface area contributed by atoms with Gasteiger partial charge < -0.3 is 10.1 Å². The maximum absolute atomic E-state index is 5.54. The quantitative estimate of drug-likeness (QED) is 0.740. The molecule has 0 saturated heterocycles. The molecule has 0 saturated carbocycles. The molecule has 4 heteroatoms. The number of pyridine rings is 1. The van der Waals surface area contributed by atoms with Crippen molar-refractivity contribution in [1.29, 1.82) is 0 Å². The van der Waals surface area contributed by atoms with Crippen molar-refractivity contribution in [2.45, 2.75) is 40.2 Å². The number of aryl methyl sites for hydroxylation is 1. The summed E-state index contributed by atoms with van der Waals surface area (Å²) >= 11 is 0. The van der Waals surface area contributed by atoms with Crippen LogP contribution in [0.2, 0.25) is 0 Å². The van der Waals surface area contributed by atoms with Gasteiger partial charge in [-0.05, 0) is 71.0 Å². The highest BCUT2D eigenvalue weighted by Crippen LogP contribution is 2.32. The summed E-state index contributed by atoms with van der Waals surface area (Å²) in [6.45, 7) is 11.2. The SMILES string of the molecule is CCOc1ccc(-c2nc3cccc(C)n3c2NC(C)(C)C)cc1. The third kappa shape index (κ3) is 3.23. The zero-order chi connectivity index (χ0) is 17.3. The molecule has 0 aliphatic rings. The number of imidazole rings is 1. The highest BCUT2D eigenvalue weighted by atomic mass is 16.5. The van der Waals surface area contributed by atoms with Crippen LogP contribution in [0.1, 0.15) is 33.4 Å². The molecule has 2 heterocycles. The predicted octanol–water partition coefficient (Wildman–Crippen LogP) is 4.92. The van der Waals surface area contributed by atoms with Gasteiger partial charge in [-0.15, -0.1) is 0 Å². The fourth-order valence-corrected chi connectivity index (χ4v) is 2.80. The van der Waals surface area contributed by atoms with Gasteiger partial charge in [-0.2, -0.15) is 0 Å². The number of fused-ring (bicyclic) bond motifs is 1. The Kier molecular flexibility index (Phi) is 4.22. The first kappa shape index (κ1) is 16.4. The van der Waals surface area contributed by atoms with Crippen molar-refractivity contribution >= 4 is 11.5 Å². The normalized spacial score (nSPS) is 11.7. The molecular weight excluding hydrogens is 298 g/mol. The van der Waals surface area contributed by atoms with E-state index >= 15 is 0 Å². The molecule has 0 amide bonds. The summed E-state index contributed by atoms with van der Waals surface area (Å²) in [5.74, 6) is 1.91. The maximum Gasteiger partial charge on any atom is 0.139 e. The molecule has 0 unspecified atom stereocenters. The lowest BCUT2D eigenvalue weighted by Crippen LogP contribution is -2.27. The van der Waals surface area contributed by atoms with E-state index < -0.39 is 0 Å². The first-order valence-electron chi connectivity index (χ1n) is 8.38. The van der Waals surface area contributed by atoms with Crippen LogP contribution in [0, 0.1) is 6.92 Å². The average Bonchev–Trinajstić information content (AvgIpc) is 2.86. The van der Waals surface area contributed by atoms with Crippen LogP contribution in [-0.4, -0.2) is 21.5 Å². The molecule has 3 rings (SSSR count). The fourth-order valence-electron chi connectivity index (χ4n) is 2.80. The summed E-state index contributed by atoms with van der Waals surface area (Å²) in [5, 5.41) is 3.62. The van der Waals surface area contributed by atoms with Crippen molar-refractivity contribution < 1.29 is 4.74 Å². The number of hydrogen-bond acceptors (Lipinski definition) is 3. The molecule has 0 aliphatic heterocycles. The number of nitrogens with zero attached hydrogens (tertiary/aromatic N) is 2. The molecule has 126 valence electrons. The molecule has 0 radical (unpaired) electrons. The minimum absolute atomic E-state index is 0.0573. The number of rotatable bonds is 4. The van der Waals surface area contributed by atoms with Gasteiger partial charge in [0, 0.05) is 16.8 Å². The molecule has 24 heavy (non-hydrogen) atoms. The number of ether oxygens (including phenoxy) is 1. The van der Waals surface area contributed by atoms with Gasteiger partial charge in [0.2, 0.25) is 0 Å². The largest absolute Gasteiger partial charge is 0.494 e. The second kappa shape index (κ2) is 6.19. The van der Waals surface area contributed by atoms with Crippen molar-refractivity contribution in [2.75, 3.05) is 11.9 Å². The number of hydrogen-bond donors (Lipinski definition) is 1. The number of anilines is 1. The highest BCUT2D eigenvalue weighted by Gasteiger charge is 2.20. The zero-order valence-electron chi connectivity index (χ0n) is 15.1. The summed E-state index contributed by atoms with van der Waals surface area (Å²) in [4.78, 5) is 4.86. The van der Waals surface area contributed by atoms with E-state index in [2.05, 4.69) is 55.6 Å². The van der Waals surface area contributed by atoms with E-state index in [1.54, 1.807) is 0 Å². The van der Waals surface area contributed by atoms with Gasteiger partial charge in [0.25, 0.3) is 0 Å². The van der Waals surface area contributed by atoms with E-state index in [9.17, 15) is 0 Å². The van der Waals surface area contributed by atoms with E-state index in [0.29, 0.717) is 6.61 Å². The van der Waals surface area contributed by atoms with Crippen molar-refractivity contribution in [3.05, 3.63) is 48.2 Å². The summed E-state index contributed by atoms with van der Waals surface area (Å²) in [5.41, 5.74) is 4.09. The Hall–Kier alpha value is -2.49. The smallest absolute Gasteiger partial charge is 0.139 e. The lowest BCUT2D eigenvalue weighted by molar-refractivity contribution is 0.340. The molecule has 0 spiro atoms. The molecule has 3 aromatic rings. The third-order valence-electron chi connectivity index (χ3n) is 3.77. The van der Waals surface area contributed by atoms with Crippen LogP contribution in [0.15, 0.2) is 42.5 Å². The number of aromatic nitrogens is 2. The molecule has 1 N–H and O–H groups in total. The molecule has 0 atom stereocenters. The van der Waals surface area contributed by atoms with Crippen molar-refractivity contribution in [2.24, 2.45) is 0 Å². The number of benzene rings is 1. The molecule has 0 fully saturated rings. The minimum atomic E-state index is -0.0573. The summed E-state index contributed by atoms with van der Waals surface area (Å²) in [7, 11) is 0. The van der Waals surface area contributed by atoms with E-state index in [0.717, 1.165) is 34.2 Å². The molecule has 4 nitrogen and oxygen atoms in total. The van der Waals surface area contributed by atoms with Gasteiger partial charge in [0.05, 0.1) is 6.61 Å². The monoisotopic (exact) mass is 323 g/mol. The minimum Gasteiger partial charge on any atom is -0.494 e. The Morgan fingerprint density at radius 2 is 1.79 bits per heavy atom. The Balaban J connectivity index is 2.15. The molecule has 0 aliphatic carbocycles.